The van der Waals surface area contributed by atoms with E-state index in [1.807, 2.05) is 0 Å². The van der Waals surface area contributed by atoms with Gasteiger partial charge in [-0.05, 0) is 33.9 Å². The average molecular weight is 216 g/mol. The van der Waals surface area contributed by atoms with Crippen LogP contribution in [0, 0.1) is 0 Å². The summed E-state index contributed by atoms with van der Waals surface area (Å²) in [6, 6.07) is 0. The van der Waals surface area contributed by atoms with Gasteiger partial charge >= 0.3 is 0 Å². The molecule has 92 valence electrons. The van der Waals surface area contributed by atoms with Gasteiger partial charge in [-0.15, -0.1) is 0 Å². The molecule has 0 radical (unpaired) electrons. The van der Waals surface area contributed by atoms with Crippen LogP contribution in [0.3, 0.4) is 0 Å². The Balaban J connectivity index is 3.25. The largest absolute Gasteiger partial charge is 0.375 e. The zero-order chi connectivity index (χ0) is 11.7. The van der Waals surface area contributed by atoms with E-state index in [-0.39, 0.29) is 5.60 Å². The highest BCUT2D eigenvalue weighted by atomic mass is 16.5. The van der Waals surface area contributed by atoms with E-state index >= 15 is 0 Å². The number of nitrogens with zero attached hydrogens (tertiary/aromatic N) is 1. The molecule has 3 nitrogen and oxygen atoms in total. The maximum absolute atomic E-state index is 5.61. The predicted octanol–water partition coefficient (Wildman–Crippen LogP) is 1.73. The Bertz CT molecular complexity index is 139. The molecule has 0 atom stereocenters. The second-order valence-corrected chi connectivity index (χ2v) is 4.74. The van der Waals surface area contributed by atoms with Crippen LogP contribution in [-0.2, 0) is 4.74 Å². The number of rotatable bonds is 8. The van der Waals surface area contributed by atoms with Crippen LogP contribution < -0.4 is 5.32 Å². The Kier molecular flexibility index (Phi) is 8.02. The van der Waals surface area contributed by atoms with Crippen LogP contribution >= 0.6 is 0 Å². The molecule has 0 spiro atoms. The van der Waals surface area contributed by atoms with Crippen LogP contribution in [0.25, 0.3) is 0 Å². The second kappa shape index (κ2) is 8.08. The Morgan fingerprint density at radius 2 is 1.67 bits per heavy atom. The first-order valence-corrected chi connectivity index (χ1v) is 6.06. The molecule has 0 amide bonds. The summed E-state index contributed by atoms with van der Waals surface area (Å²) in [5.41, 5.74) is -0.0133. The molecule has 0 unspecified atom stereocenters. The number of hydrogen-bond donors (Lipinski definition) is 1. The number of hydrogen-bond acceptors (Lipinski definition) is 3. The molecule has 0 rings (SSSR count). The summed E-state index contributed by atoms with van der Waals surface area (Å²) in [6.07, 6.45) is 0. The van der Waals surface area contributed by atoms with Crippen molar-refractivity contribution < 1.29 is 4.74 Å². The van der Waals surface area contributed by atoms with Gasteiger partial charge in [-0.1, -0.05) is 13.8 Å². The first kappa shape index (κ1) is 14.9. The summed E-state index contributed by atoms with van der Waals surface area (Å²) in [5.74, 6) is 0. The summed E-state index contributed by atoms with van der Waals surface area (Å²) in [4.78, 5) is 2.41. The zero-order valence-corrected chi connectivity index (χ0v) is 11.1. The summed E-state index contributed by atoms with van der Waals surface area (Å²) < 4.78 is 5.61. The smallest absolute Gasteiger partial charge is 0.0599 e. The Morgan fingerprint density at radius 1 is 1.07 bits per heavy atom. The summed E-state index contributed by atoms with van der Waals surface area (Å²) >= 11 is 0. The quantitative estimate of drug-likeness (QED) is 0.625. The van der Waals surface area contributed by atoms with Crippen LogP contribution in [0.5, 0.6) is 0 Å². The van der Waals surface area contributed by atoms with E-state index in [1.54, 1.807) is 0 Å². The third-order valence-corrected chi connectivity index (χ3v) is 2.31. The van der Waals surface area contributed by atoms with Crippen molar-refractivity contribution in [3.63, 3.8) is 0 Å². The number of likely N-dealkylation sites (N-methyl/N-ethyl adjacent to an activating group) is 1. The molecule has 0 aromatic heterocycles. The van der Waals surface area contributed by atoms with Crippen molar-refractivity contribution in [2.24, 2.45) is 0 Å². The molecular weight excluding hydrogens is 188 g/mol. The number of ether oxygens (including phenoxy) is 1. The molecular formula is C12H28N2O. The SMILES string of the molecule is CCN(CC)CCNCCOC(C)(C)C. The van der Waals surface area contributed by atoms with Crippen molar-refractivity contribution in [2.75, 3.05) is 39.3 Å². The first-order chi connectivity index (χ1) is 6.99. The van der Waals surface area contributed by atoms with Crippen molar-refractivity contribution in [1.82, 2.24) is 10.2 Å². The molecule has 0 heterocycles. The molecule has 3 heteroatoms. The molecule has 0 fully saturated rings. The zero-order valence-electron chi connectivity index (χ0n) is 11.1. The Hall–Kier alpha value is -0.120. The predicted molar refractivity (Wildman–Crippen MR) is 66.4 cm³/mol. The Morgan fingerprint density at radius 3 is 2.13 bits per heavy atom. The molecule has 15 heavy (non-hydrogen) atoms. The van der Waals surface area contributed by atoms with Crippen molar-refractivity contribution >= 4 is 0 Å². The van der Waals surface area contributed by atoms with Crippen LogP contribution in [0.15, 0.2) is 0 Å². The normalized spacial score (nSPS) is 12.4. The van der Waals surface area contributed by atoms with Gasteiger partial charge in [0.1, 0.15) is 0 Å². The number of nitrogens with one attached hydrogen (secondary N) is 1. The average Bonchev–Trinajstić information content (AvgIpc) is 2.15. The van der Waals surface area contributed by atoms with E-state index in [0.717, 1.165) is 39.3 Å². The third-order valence-electron chi connectivity index (χ3n) is 2.31. The second-order valence-electron chi connectivity index (χ2n) is 4.74. The molecule has 0 aliphatic rings. The summed E-state index contributed by atoms with van der Waals surface area (Å²) in [6.45, 7) is 16.8. The minimum atomic E-state index is -0.0133. The fourth-order valence-corrected chi connectivity index (χ4v) is 1.33. The minimum Gasteiger partial charge on any atom is -0.375 e. The van der Waals surface area contributed by atoms with Crippen molar-refractivity contribution in [1.29, 1.82) is 0 Å². The highest BCUT2D eigenvalue weighted by Crippen LogP contribution is 2.04. The molecule has 0 aliphatic carbocycles. The molecule has 1 N–H and O–H groups in total. The van der Waals surface area contributed by atoms with E-state index < -0.39 is 0 Å². The molecule has 0 bridgehead atoms. The highest BCUT2D eigenvalue weighted by molar-refractivity contribution is 4.60. The maximum Gasteiger partial charge on any atom is 0.0599 e. The first-order valence-electron chi connectivity index (χ1n) is 6.06. The minimum absolute atomic E-state index is 0.0133. The third kappa shape index (κ3) is 10.2. The van der Waals surface area contributed by atoms with E-state index in [0.29, 0.717) is 0 Å². The molecule has 0 saturated heterocycles. The van der Waals surface area contributed by atoms with Gasteiger partial charge in [0.25, 0.3) is 0 Å². The van der Waals surface area contributed by atoms with Gasteiger partial charge in [-0.3, -0.25) is 0 Å². The lowest BCUT2D eigenvalue weighted by Gasteiger charge is -2.20. The highest BCUT2D eigenvalue weighted by Gasteiger charge is 2.08. The summed E-state index contributed by atoms with van der Waals surface area (Å²) in [7, 11) is 0. The topological polar surface area (TPSA) is 24.5 Å². The Labute approximate surface area is 95.2 Å². The van der Waals surface area contributed by atoms with Crippen molar-refractivity contribution in [2.45, 2.75) is 40.2 Å². The lowest BCUT2D eigenvalue weighted by atomic mass is 10.2. The monoisotopic (exact) mass is 216 g/mol. The molecule has 0 aliphatic heterocycles. The van der Waals surface area contributed by atoms with E-state index in [4.69, 9.17) is 4.74 Å². The van der Waals surface area contributed by atoms with Gasteiger partial charge in [0, 0.05) is 19.6 Å². The molecule has 0 aromatic carbocycles. The van der Waals surface area contributed by atoms with Gasteiger partial charge in [-0.2, -0.15) is 0 Å². The van der Waals surface area contributed by atoms with E-state index in [1.165, 1.54) is 0 Å². The summed E-state index contributed by atoms with van der Waals surface area (Å²) in [5, 5.41) is 3.39. The van der Waals surface area contributed by atoms with Crippen molar-refractivity contribution in [3.05, 3.63) is 0 Å². The van der Waals surface area contributed by atoms with Gasteiger partial charge in [0.05, 0.1) is 12.2 Å². The van der Waals surface area contributed by atoms with Gasteiger partial charge in [-0.25, -0.2) is 0 Å². The fraction of sp³-hybridized carbons (Fsp3) is 1.00. The standard InChI is InChI=1S/C12H28N2O/c1-6-14(7-2)10-8-13-9-11-15-12(3,4)5/h13H,6-11H2,1-5H3. The van der Waals surface area contributed by atoms with E-state index in [2.05, 4.69) is 44.8 Å². The van der Waals surface area contributed by atoms with E-state index in [9.17, 15) is 0 Å². The lowest BCUT2D eigenvalue weighted by Crippen LogP contribution is -2.34. The van der Waals surface area contributed by atoms with Crippen LogP contribution in [0.1, 0.15) is 34.6 Å². The van der Waals surface area contributed by atoms with Crippen LogP contribution in [-0.4, -0.2) is 49.8 Å². The van der Waals surface area contributed by atoms with Gasteiger partial charge in [0.2, 0.25) is 0 Å². The maximum atomic E-state index is 5.61. The fourth-order valence-electron chi connectivity index (χ4n) is 1.33. The molecule has 0 aromatic rings. The van der Waals surface area contributed by atoms with Crippen LogP contribution in [0.2, 0.25) is 0 Å². The molecule has 0 saturated carbocycles. The lowest BCUT2D eigenvalue weighted by molar-refractivity contribution is -0.000863. The van der Waals surface area contributed by atoms with Crippen LogP contribution in [0.4, 0.5) is 0 Å². The van der Waals surface area contributed by atoms with Gasteiger partial charge < -0.3 is 15.0 Å². The van der Waals surface area contributed by atoms with Gasteiger partial charge in [0.15, 0.2) is 0 Å². The van der Waals surface area contributed by atoms with Crippen molar-refractivity contribution in [3.8, 4) is 0 Å².